The summed E-state index contributed by atoms with van der Waals surface area (Å²) >= 11 is 0. The van der Waals surface area contributed by atoms with Gasteiger partial charge in [-0.05, 0) is 139 Å². The van der Waals surface area contributed by atoms with Gasteiger partial charge in [0, 0.05) is 22.5 Å². The number of nitrogens with two attached hydrogens (primary N) is 3. The van der Waals surface area contributed by atoms with E-state index in [9.17, 15) is 0 Å². The van der Waals surface area contributed by atoms with Crippen LogP contribution in [0, 0.1) is 6.92 Å². The predicted molar refractivity (Wildman–Crippen MR) is 187 cm³/mol. The standard InChI is InChI=1S/C40H37N3O3/c1-27-25-28(3-24-39(27)46-38-22-12-33(43)13-23-38)26-40(2,29-4-14-34(15-5-29)44-36-18-8-31(41)9-19-36)30-6-16-35(17-7-30)45-37-20-10-32(42)11-21-37/h3-25H,26,41-43H2,1-2H3. The van der Waals surface area contributed by atoms with Crippen LogP contribution in [-0.4, -0.2) is 0 Å². The Hall–Kier alpha value is -5.88. The van der Waals surface area contributed by atoms with Gasteiger partial charge in [-0.15, -0.1) is 0 Å². The molecule has 0 unspecified atom stereocenters. The summed E-state index contributed by atoms with van der Waals surface area (Å²) in [7, 11) is 0. The van der Waals surface area contributed by atoms with Crippen LogP contribution in [-0.2, 0) is 11.8 Å². The van der Waals surface area contributed by atoms with E-state index in [2.05, 4.69) is 50.2 Å². The smallest absolute Gasteiger partial charge is 0.130 e. The van der Waals surface area contributed by atoms with Crippen molar-refractivity contribution in [3.8, 4) is 34.5 Å². The zero-order valence-electron chi connectivity index (χ0n) is 25.9. The van der Waals surface area contributed by atoms with Gasteiger partial charge in [0.25, 0.3) is 0 Å². The lowest BCUT2D eigenvalue weighted by atomic mass is 9.72. The summed E-state index contributed by atoms with van der Waals surface area (Å²) in [5.74, 6) is 4.53. The Labute approximate surface area is 270 Å². The van der Waals surface area contributed by atoms with Crippen molar-refractivity contribution in [2.75, 3.05) is 17.2 Å². The molecule has 0 atom stereocenters. The molecule has 6 nitrogen and oxygen atoms in total. The Bertz CT molecular complexity index is 1810. The molecule has 0 amide bonds. The predicted octanol–water partition coefficient (Wildman–Crippen LogP) is 9.67. The van der Waals surface area contributed by atoms with E-state index in [1.807, 2.05) is 103 Å². The van der Waals surface area contributed by atoms with E-state index in [1.54, 1.807) is 0 Å². The maximum atomic E-state index is 6.16. The van der Waals surface area contributed by atoms with E-state index in [0.717, 1.165) is 57.6 Å². The Morgan fingerprint density at radius 2 is 0.804 bits per heavy atom. The van der Waals surface area contributed by atoms with Gasteiger partial charge in [0.15, 0.2) is 0 Å². The van der Waals surface area contributed by atoms with Crippen molar-refractivity contribution in [2.24, 2.45) is 0 Å². The van der Waals surface area contributed by atoms with Crippen LogP contribution in [0.3, 0.4) is 0 Å². The number of ether oxygens (including phenoxy) is 3. The van der Waals surface area contributed by atoms with E-state index in [4.69, 9.17) is 31.4 Å². The van der Waals surface area contributed by atoms with Gasteiger partial charge in [0.2, 0.25) is 0 Å². The van der Waals surface area contributed by atoms with Crippen molar-refractivity contribution >= 4 is 17.1 Å². The van der Waals surface area contributed by atoms with Gasteiger partial charge in [0.1, 0.15) is 34.5 Å². The first kappa shape index (κ1) is 30.2. The summed E-state index contributed by atoms with van der Waals surface area (Å²) in [6.45, 7) is 4.34. The van der Waals surface area contributed by atoms with E-state index in [0.29, 0.717) is 17.1 Å². The third-order valence-electron chi connectivity index (χ3n) is 8.12. The van der Waals surface area contributed by atoms with E-state index in [1.165, 1.54) is 5.56 Å². The number of anilines is 3. The highest BCUT2D eigenvalue weighted by Crippen LogP contribution is 2.39. The Kier molecular flexibility index (Phi) is 8.53. The van der Waals surface area contributed by atoms with Crippen molar-refractivity contribution in [1.82, 2.24) is 0 Å². The zero-order valence-corrected chi connectivity index (χ0v) is 25.9. The lowest BCUT2D eigenvalue weighted by molar-refractivity contribution is 0.477. The van der Waals surface area contributed by atoms with Gasteiger partial charge in [-0.1, -0.05) is 43.3 Å². The minimum Gasteiger partial charge on any atom is -0.457 e. The van der Waals surface area contributed by atoms with Crippen LogP contribution in [0.1, 0.15) is 29.2 Å². The number of hydrogen-bond acceptors (Lipinski definition) is 6. The number of aryl methyl sites for hydroxylation is 1. The highest BCUT2D eigenvalue weighted by molar-refractivity contribution is 5.49. The topological polar surface area (TPSA) is 106 Å². The second-order valence-electron chi connectivity index (χ2n) is 11.7. The molecular formula is C40H37N3O3. The van der Waals surface area contributed by atoms with Crippen molar-refractivity contribution in [3.63, 3.8) is 0 Å². The van der Waals surface area contributed by atoms with E-state index in [-0.39, 0.29) is 5.41 Å². The number of rotatable bonds is 10. The molecule has 0 aliphatic heterocycles. The molecule has 0 aliphatic carbocycles. The van der Waals surface area contributed by atoms with Crippen LogP contribution >= 0.6 is 0 Å². The molecule has 6 aromatic rings. The van der Waals surface area contributed by atoms with Crippen LogP contribution in [0.25, 0.3) is 0 Å². The molecule has 0 fully saturated rings. The normalized spacial score (nSPS) is 11.2. The Morgan fingerprint density at radius 3 is 1.17 bits per heavy atom. The second-order valence-corrected chi connectivity index (χ2v) is 11.7. The Morgan fingerprint density at radius 1 is 0.457 bits per heavy atom. The Balaban J connectivity index is 1.29. The average Bonchev–Trinajstić information content (AvgIpc) is 3.06. The SMILES string of the molecule is Cc1cc(CC(C)(c2ccc(Oc3ccc(N)cc3)cc2)c2ccc(Oc3ccc(N)cc3)cc2)ccc1Oc1ccc(N)cc1. The molecule has 0 aromatic heterocycles. The monoisotopic (exact) mass is 607 g/mol. The maximum absolute atomic E-state index is 6.16. The summed E-state index contributed by atoms with van der Waals surface area (Å²) < 4.78 is 18.3. The average molecular weight is 608 g/mol. The highest BCUT2D eigenvalue weighted by Gasteiger charge is 2.30. The summed E-state index contributed by atoms with van der Waals surface area (Å²) in [5, 5.41) is 0. The summed E-state index contributed by atoms with van der Waals surface area (Å²) in [4.78, 5) is 0. The van der Waals surface area contributed by atoms with Crippen LogP contribution in [0.15, 0.2) is 140 Å². The second kappa shape index (κ2) is 13.0. The molecule has 0 heterocycles. The first-order chi connectivity index (χ1) is 22.2. The van der Waals surface area contributed by atoms with Crippen molar-refractivity contribution in [2.45, 2.75) is 25.7 Å². The maximum Gasteiger partial charge on any atom is 0.130 e. The molecule has 6 N–H and O–H groups in total. The molecule has 46 heavy (non-hydrogen) atoms. The molecule has 0 radical (unpaired) electrons. The third kappa shape index (κ3) is 7.08. The number of benzene rings is 6. The molecule has 0 saturated heterocycles. The van der Waals surface area contributed by atoms with E-state index >= 15 is 0 Å². The quantitative estimate of drug-likeness (QED) is 0.134. The molecular weight excluding hydrogens is 570 g/mol. The van der Waals surface area contributed by atoms with Crippen molar-refractivity contribution in [1.29, 1.82) is 0 Å². The van der Waals surface area contributed by atoms with Crippen LogP contribution in [0.5, 0.6) is 34.5 Å². The fraction of sp³-hybridized carbons (Fsp3) is 0.100. The molecule has 0 aliphatic rings. The van der Waals surface area contributed by atoms with Crippen molar-refractivity contribution < 1.29 is 14.2 Å². The van der Waals surface area contributed by atoms with Crippen molar-refractivity contribution in [3.05, 3.63) is 162 Å². The summed E-state index contributed by atoms with van der Waals surface area (Å²) in [5.41, 5.74) is 23.8. The number of nitrogen functional groups attached to an aromatic ring is 3. The lowest BCUT2D eigenvalue weighted by Crippen LogP contribution is -2.26. The largest absolute Gasteiger partial charge is 0.457 e. The summed E-state index contributed by atoms with van der Waals surface area (Å²) in [6.07, 6.45) is 0.756. The van der Waals surface area contributed by atoms with Crippen LogP contribution < -0.4 is 31.4 Å². The number of hydrogen-bond donors (Lipinski definition) is 3. The van der Waals surface area contributed by atoms with Gasteiger partial charge in [-0.25, -0.2) is 0 Å². The molecule has 0 spiro atoms. The molecule has 0 bridgehead atoms. The van der Waals surface area contributed by atoms with Crippen LogP contribution in [0.2, 0.25) is 0 Å². The van der Waals surface area contributed by atoms with Gasteiger partial charge in [-0.3, -0.25) is 0 Å². The molecule has 0 saturated carbocycles. The minimum atomic E-state index is -0.370. The molecule has 6 aromatic carbocycles. The first-order valence-electron chi connectivity index (χ1n) is 15.1. The van der Waals surface area contributed by atoms with Gasteiger partial charge in [-0.2, -0.15) is 0 Å². The zero-order chi connectivity index (χ0) is 32.1. The minimum absolute atomic E-state index is 0.370. The lowest BCUT2D eigenvalue weighted by Gasteiger charge is -2.32. The fourth-order valence-electron chi connectivity index (χ4n) is 5.50. The third-order valence-corrected chi connectivity index (χ3v) is 8.12. The summed E-state index contributed by atoms with van der Waals surface area (Å²) in [6, 6.07) is 45.2. The molecule has 230 valence electrons. The van der Waals surface area contributed by atoms with E-state index < -0.39 is 0 Å². The van der Waals surface area contributed by atoms with Gasteiger partial charge >= 0.3 is 0 Å². The van der Waals surface area contributed by atoms with Gasteiger partial charge in [0.05, 0.1) is 0 Å². The molecule has 6 rings (SSSR count). The first-order valence-corrected chi connectivity index (χ1v) is 15.1. The fourth-order valence-corrected chi connectivity index (χ4v) is 5.50. The highest BCUT2D eigenvalue weighted by atomic mass is 16.5. The molecule has 6 heteroatoms. The van der Waals surface area contributed by atoms with Gasteiger partial charge < -0.3 is 31.4 Å². The van der Waals surface area contributed by atoms with Crippen LogP contribution in [0.4, 0.5) is 17.1 Å².